The van der Waals surface area contributed by atoms with Gasteiger partial charge in [0.25, 0.3) is 5.91 Å². The zero-order chi connectivity index (χ0) is 15.2. The van der Waals surface area contributed by atoms with Crippen LogP contribution in [0.4, 0.5) is 5.69 Å². The zero-order valence-electron chi connectivity index (χ0n) is 11.7. The Morgan fingerprint density at radius 3 is 2.38 bits per heavy atom. The molecule has 1 N–H and O–H groups in total. The lowest BCUT2D eigenvalue weighted by molar-refractivity contribution is 0.0606. The average Bonchev–Trinajstić information content (AvgIpc) is 2.99. The van der Waals surface area contributed by atoms with Crippen molar-refractivity contribution in [1.29, 1.82) is 0 Å². The van der Waals surface area contributed by atoms with Crippen molar-refractivity contribution in [3.63, 3.8) is 0 Å². The summed E-state index contributed by atoms with van der Waals surface area (Å²) in [4.78, 5) is 24.3. The summed E-state index contributed by atoms with van der Waals surface area (Å²) in [5, 5.41) is 2.76. The van der Waals surface area contributed by atoms with E-state index >= 15 is 0 Å². The Morgan fingerprint density at radius 1 is 1.10 bits per heavy atom. The lowest BCUT2D eigenvalue weighted by atomic mass is 10.3. The fourth-order valence-corrected chi connectivity index (χ4v) is 2.48. The molecule has 0 atom stereocenters. The maximum absolute atomic E-state index is 12.1. The smallest absolute Gasteiger partial charge is 0.348 e. The molecule has 1 aromatic carbocycles. The molecule has 0 aliphatic heterocycles. The highest BCUT2D eigenvalue weighted by atomic mass is 32.1. The Hall–Kier alpha value is -2.34. The van der Waals surface area contributed by atoms with Gasteiger partial charge in [-0.2, -0.15) is 0 Å². The van der Waals surface area contributed by atoms with Crippen LogP contribution in [0.3, 0.4) is 0 Å². The number of carbonyl (C=O) groups is 2. The van der Waals surface area contributed by atoms with E-state index in [1.165, 1.54) is 7.11 Å². The lowest BCUT2D eigenvalue weighted by Crippen LogP contribution is -2.10. The van der Waals surface area contributed by atoms with E-state index in [4.69, 9.17) is 4.74 Å². The number of carbonyl (C=O) groups excluding carboxylic acids is 2. The number of nitrogens with one attached hydrogen (secondary N) is 1. The Bertz CT molecular complexity index is 633. The Morgan fingerprint density at radius 2 is 1.76 bits per heavy atom. The molecular weight excluding hydrogens is 290 g/mol. The summed E-state index contributed by atoms with van der Waals surface area (Å²) >= 11 is 1.09. The van der Waals surface area contributed by atoms with Crippen LogP contribution in [0.2, 0.25) is 0 Å². The van der Waals surface area contributed by atoms with Gasteiger partial charge in [-0.3, -0.25) is 4.79 Å². The number of methoxy groups -OCH3 is 1. The standard InChI is InChI=1S/C15H15NO4S/c1-3-20-11-6-4-10(5-7-11)16-14(17)12-8-9-13(21-12)15(18)19-2/h4-9H,3H2,1-2H3,(H,16,17). The van der Waals surface area contributed by atoms with Gasteiger partial charge in [0.05, 0.1) is 18.6 Å². The molecule has 0 aliphatic rings. The number of hydrogen-bond donors (Lipinski definition) is 1. The van der Waals surface area contributed by atoms with E-state index in [0.29, 0.717) is 22.0 Å². The van der Waals surface area contributed by atoms with Gasteiger partial charge in [0, 0.05) is 5.69 Å². The van der Waals surface area contributed by atoms with Crippen molar-refractivity contribution in [3.05, 3.63) is 46.2 Å². The van der Waals surface area contributed by atoms with Crippen molar-refractivity contribution in [2.45, 2.75) is 6.92 Å². The number of benzene rings is 1. The zero-order valence-corrected chi connectivity index (χ0v) is 12.5. The summed E-state index contributed by atoms with van der Waals surface area (Å²) in [6.07, 6.45) is 0. The fourth-order valence-electron chi connectivity index (χ4n) is 1.66. The first kappa shape index (κ1) is 15.1. The van der Waals surface area contributed by atoms with Crippen molar-refractivity contribution in [2.75, 3.05) is 19.0 Å². The van der Waals surface area contributed by atoms with E-state index in [1.54, 1.807) is 36.4 Å². The average molecular weight is 305 g/mol. The summed E-state index contributed by atoms with van der Waals surface area (Å²) in [5.74, 6) is 0.0408. The first-order chi connectivity index (χ1) is 10.1. The number of ether oxygens (including phenoxy) is 2. The van der Waals surface area contributed by atoms with E-state index in [-0.39, 0.29) is 5.91 Å². The first-order valence-corrected chi connectivity index (χ1v) is 7.18. The number of thiophene rings is 1. The van der Waals surface area contributed by atoms with Crippen molar-refractivity contribution in [2.24, 2.45) is 0 Å². The third-order valence-corrected chi connectivity index (χ3v) is 3.70. The molecule has 0 spiro atoms. The molecule has 0 fully saturated rings. The molecule has 1 amide bonds. The third kappa shape index (κ3) is 3.82. The summed E-state index contributed by atoms with van der Waals surface area (Å²) in [6, 6.07) is 10.3. The van der Waals surface area contributed by atoms with Crippen LogP contribution < -0.4 is 10.1 Å². The summed E-state index contributed by atoms with van der Waals surface area (Å²) in [7, 11) is 1.31. The van der Waals surface area contributed by atoms with Crippen LogP contribution in [0.5, 0.6) is 5.75 Å². The number of hydrogen-bond acceptors (Lipinski definition) is 5. The Labute approximate surface area is 126 Å². The second-order valence-corrected chi connectivity index (χ2v) is 5.15. The highest BCUT2D eigenvalue weighted by molar-refractivity contribution is 7.16. The molecule has 0 radical (unpaired) electrons. The minimum atomic E-state index is -0.444. The molecule has 0 saturated heterocycles. The van der Waals surface area contributed by atoms with E-state index in [9.17, 15) is 9.59 Å². The highest BCUT2D eigenvalue weighted by Crippen LogP contribution is 2.20. The van der Waals surface area contributed by atoms with Gasteiger partial charge < -0.3 is 14.8 Å². The SMILES string of the molecule is CCOc1ccc(NC(=O)c2ccc(C(=O)OC)s2)cc1. The van der Waals surface area contributed by atoms with Gasteiger partial charge in [-0.15, -0.1) is 11.3 Å². The maximum atomic E-state index is 12.1. The number of anilines is 1. The van der Waals surface area contributed by atoms with Crippen molar-refractivity contribution in [3.8, 4) is 5.75 Å². The molecule has 0 saturated carbocycles. The maximum Gasteiger partial charge on any atom is 0.348 e. The van der Waals surface area contributed by atoms with E-state index < -0.39 is 5.97 Å². The minimum absolute atomic E-state index is 0.265. The Kier molecular flexibility index (Phi) is 4.94. The first-order valence-electron chi connectivity index (χ1n) is 6.36. The van der Waals surface area contributed by atoms with Gasteiger partial charge in [0.2, 0.25) is 0 Å². The van der Waals surface area contributed by atoms with Crippen LogP contribution in [0.25, 0.3) is 0 Å². The Balaban J connectivity index is 2.03. The summed E-state index contributed by atoms with van der Waals surface area (Å²) < 4.78 is 9.94. The number of esters is 1. The number of rotatable bonds is 5. The molecular formula is C15H15NO4S. The number of amides is 1. The quantitative estimate of drug-likeness (QED) is 0.862. The third-order valence-electron chi connectivity index (χ3n) is 2.64. The van der Waals surface area contributed by atoms with Crippen molar-refractivity contribution in [1.82, 2.24) is 0 Å². The predicted molar refractivity (Wildman–Crippen MR) is 81.2 cm³/mol. The second kappa shape index (κ2) is 6.90. The molecule has 0 unspecified atom stereocenters. The van der Waals surface area contributed by atoms with Gasteiger partial charge in [-0.05, 0) is 43.3 Å². The second-order valence-electron chi connectivity index (χ2n) is 4.07. The van der Waals surface area contributed by atoms with Gasteiger partial charge in [0.1, 0.15) is 10.6 Å². The molecule has 110 valence electrons. The van der Waals surface area contributed by atoms with Crippen LogP contribution in [0, 0.1) is 0 Å². The van der Waals surface area contributed by atoms with Crippen LogP contribution in [-0.4, -0.2) is 25.6 Å². The summed E-state index contributed by atoms with van der Waals surface area (Å²) in [5.41, 5.74) is 0.663. The van der Waals surface area contributed by atoms with Crippen LogP contribution in [0.1, 0.15) is 26.3 Å². The lowest BCUT2D eigenvalue weighted by Gasteiger charge is -2.06. The van der Waals surface area contributed by atoms with Gasteiger partial charge in [-0.1, -0.05) is 0 Å². The molecule has 5 nitrogen and oxygen atoms in total. The molecule has 2 aromatic rings. The van der Waals surface area contributed by atoms with Crippen LogP contribution >= 0.6 is 11.3 Å². The summed E-state index contributed by atoms with van der Waals surface area (Å²) in [6.45, 7) is 2.50. The fraction of sp³-hybridized carbons (Fsp3) is 0.200. The van der Waals surface area contributed by atoms with Gasteiger partial charge in [0.15, 0.2) is 0 Å². The molecule has 21 heavy (non-hydrogen) atoms. The normalized spacial score (nSPS) is 10.0. The monoisotopic (exact) mass is 305 g/mol. The van der Waals surface area contributed by atoms with Crippen molar-refractivity contribution >= 4 is 28.9 Å². The van der Waals surface area contributed by atoms with E-state index in [1.807, 2.05) is 6.92 Å². The minimum Gasteiger partial charge on any atom is -0.494 e. The predicted octanol–water partition coefficient (Wildman–Crippen LogP) is 3.19. The molecule has 1 aromatic heterocycles. The molecule has 1 heterocycles. The molecule has 0 bridgehead atoms. The van der Waals surface area contributed by atoms with Gasteiger partial charge >= 0.3 is 5.97 Å². The molecule has 2 rings (SSSR count). The van der Waals surface area contributed by atoms with Gasteiger partial charge in [-0.25, -0.2) is 4.79 Å². The molecule has 0 aliphatic carbocycles. The van der Waals surface area contributed by atoms with E-state index in [2.05, 4.69) is 10.1 Å². The topological polar surface area (TPSA) is 64.6 Å². The van der Waals surface area contributed by atoms with Crippen molar-refractivity contribution < 1.29 is 19.1 Å². The molecule has 6 heteroatoms. The van der Waals surface area contributed by atoms with Crippen LogP contribution in [-0.2, 0) is 4.74 Å². The largest absolute Gasteiger partial charge is 0.494 e. The highest BCUT2D eigenvalue weighted by Gasteiger charge is 2.14. The van der Waals surface area contributed by atoms with Crippen LogP contribution in [0.15, 0.2) is 36.4 Å². The van der Waals surface area contributed by atoms with E-state index in [0.717, 1.165) is 17.1 Å².